The molecule has 6 heteroatoms. The Kier molecular flexibility index (Phi) is 3.22. The number of aromatic nitrogens is 5. The summed E-state index contributed by atoms with van der Waals surface area (Å²) in [4.78, 5) is 13.6. The van der Waals surface area contributed by atoms with Crippen molar-refractivity contribution < 1.29 is 0 Å². The number of aryl methyl sites for hydroxylation is 2. The van der Waals surface area contributed by atoms with Gasteiger partial charge in [0.05, 0.1) is 11.9 Å². The smallest absolute Gasteiger partial charge is 0.160 e. The maximum absolute atomic E-state index is 6.26. The lowest BCUT2D eigenvalue weighted by Gasteiger charge is -2.10. The molecule has 0 fully saturated rings. The minimum absolute atomic E-state index is 0.176. The molecule has 0 saturated carbocycles. The molecule has 0 aromatic carbocycles. The summed E-state index contributed by atoms with van der Waals surface area (Å²) in [5, 5.41) is -0.176. The normalized spacial score (nSPS) is 13.0. The molecule has 104 valence electrons. The predicted molar refractivity (Wildman–Crippen MR) is 78.8 cm³/mol. The van der Waals surface area contributed by atoms with Crippen molar-refractivity contribution in [1.82, 2.24) is 24.1 Å². The highest BCUT2D eigenvalue weighted by Gasteiger charge is 2.17. The Hall–Kier alpha value is -1.88. The van der Waals surface area contributed by atoms with Crippen LogP contribution in [0.3, 0.4) is 0 Å². The molecular formula is C14H16ClN5. The summed E-state index contributed by atoms with van der Waals surface area (Å²) in [5.41, 5.74) is 2.69. The molecule has 0 amide bonds. The second-order valence-electron chi connectivity index (χ2n) is 4.92. The molecular weight excluding hydrogens is 274 g/mol. The Morgan fingerprint density at radius 3 is 2.75 bits per heavy atom. The van der Waals surface area contributed by atoms with Gasteiger partial charge in [0.15, 0.2) is 5.65 Å². The number of halogens is 1. The zero-order valence-corrected chi connectivity index (χ0v) is 12.5. The third-order valence-corrected chi connectivity index (χ3v) is 3.53. The van der Waals surface area contributed by atoms with Crippen LogP contribution < -0.4 is 0 Å². The SMILES string of the molecule is Cc1ccc2nc(C(C)Cl)n(Cc3nccn3C)c2n1. The Bertz CT molecular complexity index is 756. The van der Waals surface area contributed by atoms with Crippen molar-refractivity contribution >= 4 is 22.8 Å². The average molecular weight is 290 g/mol. The molecule has 0 aliphatic rings. The van der Waals surface area contributed by atoms with E-state index in [0.717, 1.165) is 28.5 Å². The molecule has 20 heavy (non-hydrogen) atoms. The first-order chi connectivity index (χ1) is 9.56. The van der Waals surface area contributed by atoms with Crippen molar-refractivity contribution in [3.05, 3.63) is 41.9 Å². The number of alkyl halides is 1. The molecule has 1 atom stereocenters. The Morgan fingerprint density at radius 2 is 2.10 bits per heavy atom. The van der Waals surface area contributed by atoms with Crippen LogP contribution in [0.25, 0.3) is 11.2 Å². The van der Waals surface area contributed by atoms with Crippen LogP contribution in [0.1, 0.15) is 29.6 Å². The second-order valence-corrected chi connectivity index (χ2v) is 5.58. The molecule has 0 radical (unpaired) electrons. The van der Waals surface area contributed by atoms with E-state index >= 15 is 0 Å². The van der Waals surface area contributed by atoms with E-state index in [2.05, 4.69) is 15.0 Å². The third kappa shape index (κ3) is 2.18. The molecule has 0 saturated heterocycles. The number of imidazole rings is 2. The van der Waals surface area contributed by atoms with E-state index in [1.165, 1.54) is 0 Å². The fourth-order valence-corrected chi connectivity index (χ4v) is 2.43. The Morgan fingerprint density at radius 1 is 1.30 bits per heavy atom. The van der Waals surface area contributed by atoms with Crippen LogP contribution in [0.5, 0.6) is 0 Å². The molecule has 0 spiro atoms. The summed E-state index contributed by atoms with van der Waals surface area (Å²) < 4.78 is 4.03. The number of fused-ring (bicyclic) bond motifs is 1. The standard InChI is InChI=1S/C14H16ClN5/c1-9-4-5-11-14(17-9)20(13(18-11)10(2)15)8-12-16-6-7-19(12)3/h4-7,10H,8H2,1-3H3. The third-order valence-electron chi connectivity index (χ3n) is 3.34. The van der Waals surface area contributed by atoms with E-state index in [1.807, 2.05) is 48.4 Å². The van der Waals surface area contributed by atoms with Crippen molar-refractivity contribution in [2.75, 3.05) is 0 Å². The lowest BCUT2D eigenvalue weighted by Crippen LogP contribution is -2.10. The van der Waals surface area contributed by atoms with Crippen molar-refractivity contribution in [2.45, 2.75) is 25.8 Å². The van der Waals surface area contributed by atoms with Crippen molar-refractivity contribution in [3.8, 4) is 0 Å². The molecule has 3 aromatic rings. The van der Waals surface area contributed by atoms with E-state index in [4.69, 9.17) is 11.6 Å². The highest BCUT2D eigenvalue weighted by Crippen LogP contribution is 2.24. The number of nitrogens with zero attached hydrogens (tertiary/aromatic N) is 5. The van der Waals surface area contributed by atoms with Crippen LogP contribution >= 0.6 is 11.6 Å². The number of hydrogen-bond acceptors (Lipinski definition) is 3. The van der Waals surface area contributed by atoms with Gasteiger partial charge in [-0.15, -0.1) is 11.6 Å². The van der Waals surface area contributed by atoms with Gasteiger partial charge in [-0.05, 0) is 26.0 Å². The summed E-state index contributed by atoms with van der Waals surface area (Å²) in [7, 11) is 1.98. The van der Waals surface area contributed by atoms with Gasteiger partial charge in [0.25, 0.3) is 0 Å². The first-order valence-electron chi connectivity index (χ1n) is 6.50. The van der Waals surface area contributed by atoms with Gasteiger partial charge in [0, 0.05) is 25.1 Å². The first kappa shape index (κ1) is 13.1. The van der Waals surface area contributed by atoms with Crippen molar-refractivity contribution in [2.24, 2.45) is 7.05 Å². The quantitative estimate of drug-likeness (QED) is 0.697. The van der Waals surface area contributed by atoms with Crippen LogP contribution in [-0.2, 0) is 13.6 Å². The number of rotatable bonds is 3. The summed E-state index contributed by atoms with van der Waals surface area (Å²) in [6.45, 7) is 4.51. The number of pyridine rings is 1. The lowest BCUT2D eigenvalue weighted by atomic mass is 10.3. The van der Waals surface area contributed by atoms with Gasteiger partial charge < -0.3 is 9.13 Å². The van der Waals surface area contributed by atoms with E-state index in [9.17, 15) is 0 Å². The van der Waals surface area contributed by atoms with E-state index in [-0.39, 0.29) is 5.38 Å². The fraction of sp³-hybridized carbons (Fsp3) is 0.357. The summed E-state index contributed by atoms with van der Waals surface area (Å²) in [6, 6.07) is 3.94. The summed E-state index contributed by atoms with van der Waals surface area (Å²) in [6.07, 6.45) is 3.72. The molecule has 5 nitrogen and oxygen atoms in total. The van der Waals surface area contributed by atoms with E-state index < -0.39 is 0 Å². The van der Waals surface area contributed by atoms with Gasteiger partial charge in [0.1, 0.15) is 17.2 Å². The zero-order chi connectivity index (χ0) is 14.3. The monoisotopic (exact) mass is 289 g/mol. The Balaban J connectivity index is 2.18. The van der Waals surface area contributed by atoms with Gasteiger partial charge in [-0.3, -0.25) is 0 Å². The van der Waals surface area contributed by atoms with Gasteiger partial charge in [-0.1, -0.05) is 0 Å². The molecule has 0 aliphatic carbocycles. The van der Waals surface area contributed by atoms with Crippen LogP contribution in [-0.4, -0.2) is 24.1 Å². The molecule has 0 N–H and O–H groups in total. The molecule has 3 rings (SSSR count). The minimum Gasteiger partial charge on any atom is -0.337 e. The molecule has 3 heterocycles. The van der Waals surface area contributed by atoms with Crippen LogP contribution in [0.4, 0.5) is 0 Å². The van der Waals surface area contributed by atoms with Crippen molar-refractivity contribution in [3.63, 3.8) is 0 Å². The van der Waals surface area contributed by atoms with E-state index in [1.54, 1.807) is 6.20 Å². The summed E-state index contributed by atoms with van der Waals surface area (Å²) >= 11 is 6.26. The van der Waals surface area contributed by atoms with Crippen LogP contribution in [0, 0.1) is 6.92 Å². The molecule has 1 unspecified atom stereocenters. The first-order valence-corrected chi connectivity index (χ1v) is 6.94. The lowest BCUT2D eigenvalue weighted by molar-refractivity contribution is 0.672. The topological polar surface area (TPSA) is 48.5 Å². The minimum atomic E-state index is -0.176. The molecule has 0 aliphatic heterocycles. The van der Waals surface area contributed by atoms with Gasteiger partial charge in [-0.2, -0.15) is 0 Å². The maximum Gasteiger partial charge on any atom is 0.160 e. The van der Waals surface area contributed by atoms with Crippen LogP contribution in [0.15, 0.2) is 24.5 Å². The Labute approximate surface area is 122 Å². The highest BCUT2D eigenvalue weighted by molar-refractivity contribution is 6.20. The maximum atomic E-state index is 6.26. The molecule has 0 bridgehead atoms. The average Bonchev–Trinajstić information content (AvgIpc) is 2.95. The van der Waals surface area contributed by atoms with Gasteiger partial charge in [0.2, 0.25) is 0 Å². The zero-order valence-electron chi connectivity index (χ0n) is 11.7. The van der Waals surface area contributed by atoms with Crippen LogP contribution in [0.2, 0.25) is 0 Å². The van der Waals surface area contributed by atoms with Gasteiger partial charge >= 0.3 is 0 Å². The molecule has 3 aromatic heterocycles. The number of hydrogen-bond donors (Lipinski definition) is 0. The predicted octanol–water partition coefficient (Wildman–Crippen LogP) is 2.82. The van der Waals surface area contributed by atoms with Gasteiger partial charge in [-0.25, -0.2) is 15.0 Å². The van der Waals surface area contributed by atoms with E-state index in [0.29, 0.717) is 6.54 Å². The second kappa shape index (κ2) is 4.90. The highest BCUT2D eigenvalue weighted by atomic mass is 35.5. The fourth-order valence-electron chi connectivity index (χ4n) is 2.26. The largest absolute Gasteiger partial charge is 0.337 e. The van der Waals surface area contributed by atoms with Crippen molar-refractivity contribution in [1.29, 1.82) is 0 Å². The summed E-state index contributed by atoms with van der Waals surface area (Å²) in [5.74, 6) is 1.77.